The van der Waals surface area contributed by atoms with E-state index in [-0.39, 0.29) is 12.1 Å². The number of methoxy groups -OCH3 is 1. The molecule has 1 amide bonds. The van der Waals surface area contributed by atoms with Crippen molar-refractivity contribution in [2.24, 2.45) is 0 Å². The van der Waals surface area contributed by atoms with Gasteiger partial charge in [-0.2, -0.15) is 8.78 Å². The standard InChI is InChI=1S/C19H19F2NO6S/c1-12-3-4-13(9-16(12)27-2)10-18(24)28-11-17(23)22-14-5-7-15(8-6-14)29(25,26)19(20)21/h3-9,19H,10-11H2,1-2H3,(H,22,23). The lowest BCUT2D eigenvalue weighted by Gasteiger charge is -2.09. The van der Waals surface area contributed by atoms with Gasteiger partial charge in [0.2, 0.25) is 9.84 Å². The van der Waals surface area contributed by atoms with E-state index in [9.17, 15) is 26.8 Å². The van der Waals surface area contributed by atoms with E-state index in [0.29, 0.717) is 11.3 Å². The fraction of sp³-hybridized carbons (Fsp3) is 0.263. The fourth-order valence-electron chi connectivity index (χ4n) is 2.37. The summed E-state index contributed by atoms with van der Waals surface area (Å²) in [6, 6.07) is 9.47. The number of hydrogen-bond acceptors (Lipinski definition) is 6. The molecule has 1 N–H and O–H groups in total. The summed E-state index contributed by atoms with van der Waals surface area (Å²) in [6.45, 7) is 1.31. The van der Waals surface area contributed by atoms with Crippen LogP contribution < -0.4 is 10.1 Å². The van der Waals surface area contributed by atoms with Gasteiger partial charge in [-0.15, -0.1) is 0 Å². The Morgan fingerprint density at radius 3 is 2.34 bits per heavy atom. The van der Waals surface area contributed by atoms with E-state index in [2.05, 4.69) is 5.32 Å². The van der Waals surface area contributed by atoms with E-state index < -0.39 is 39.0 Å². The number of carbonyl (C=O) groups is 2. The summed E-state index contributed by atoms with van der Waals surface area (Å²) in [5.74, 6) is -4.19. The number of halogens is 2. The Bertz CT molecular complexity index is 990. The van der Waals surface area contributed by atoms with Gasteiger partial charge in [-0.1, -0.05) is 12.1 Å². The Hall–Kier alpha value is -3.01. The van der Waals surface area contributed by atoms with Crippen molar-refractivity contribution in [3.05, 3.63) is 53.6 Å². The van der Waals surface area contributed by atoms with E-state index in [4.69, 9.17) is 9.47 Å². The Balaban J connectivity index is 1.87. The van der Waals surface area contributed by atoms with Crippen molar-refractivity contribution in [3.63, 3.8) is 0 Å². The zero-order chi connectivity index (χ0) is 21.6. The first-order valence-electron chi connectivity index (χ1n) is 8.34. The van der Waals surface area contributed by atoms with Crippen LogP contribution in [0.15, 0.2) is 47.4 Å². The highest BCUT2D eigenvalue weighted by atomic mass is 32.2. The van der Waals surface area contributed by atoms with Crippen molar-refractivity contribution in [1.29, 1.82) is 0 Å². The maximum absolute atomic E-state index is 12.5. The maximum Gasteiger partial charge on any atom is 0.341 e. The van der Waals surface area contributed by atoms with Crippen LogP contribution in [-0.2, 0) is 30.6 Å². The number of rotatable bonds is 8. The van der Waals surface area contributed by atoms with E-state index in [1.807, 2.05) is 6.92 Å². The minimum Gasteiger partial charge on any atom is -0.496 e. The molecule has 0 atom stereocenters. The zero-order valence-corrected chi connectivity index (χ0v) is 16.5. The largest absolute Gasteiger partial charge is 0.496 e. The first-order chi connectivity index (χ1) is 13.6. The third-order valence-corrected chi connectivity index (χ3v) is 5.28. The van der Waals surface area contributed by atoms with Crippen LogP contribution >= 0.6 is 0 Å². The molecule has 7 nitrogen and oxygen atoms in total. The minimum atomic E-state index is -4.71. The summed E-state index contributed by atoms with van der Waals surface area (Å²) in [6.07, 6.45) is -0.0515. The molecule has 0 aliphatic heterocycles. The van der Waals surface area contributed by atoms with E-state index in [0.717, 1.165) is 29.8 Å². The average Bonchev–Trinajstić information content (AvgIpc) is 2.68. The molecule has 0 aliphatic rings. The van der Waals surface area contributed by atoms with Gasteiger partial charge in [-0.05, 0) is 48.4 Å². The van der Waals surface area contributed by atoms with Gasteiger partial charge in [0, 0.05) is 5.69 Å². The van der Waals surface area contributed by atoms with Gasteiger partial charge in [0.15, 0.2) is 6.61 Å². The highest BCUT2D eigenvalue weighted by Crippen LogP contribution is 2.21. The molecule has 0 saturated carbocycles. The number of benzene rings is 2. The quantitative estimate of drug-likeness (QED) is 0.651. The summed E-state index contributed by atoms with van der Waals surface area (Å²) < 4.78 is 57.8. The molecule has 10 heteroatoms. The van der Waals surface area contributed by atoms with Crippen LogP contribution in [0.4, 0.5) is 14.5 Å². The number of hydrogen-bond donors (Lipinski definition) is 1. The zero-order valence-electron chi connectivity index (χ0n) is 15.6. The van der Waals surface area contributed by atoms with Gasteiger partial charge < -0.3 is 14.8 Å². The molecule has 0 bridgehead atoms. The molecule has 0 spiro atoms. The number of sulfone groups is 1. The number of carbonyl (C=O) groups excluding carboxylic acids is 2. The maximum atomic E-state index is 12.5. The number of amides is 1. The monoisotopic (exact) mass is 427 g/mol. The Labute approximate surface area is 166 Å². The molecule has 0 radical (unpaired) electrons. The number of aryl methyl sites for hydroxylation is 1. The van der Waals surface area contributed by atoms with Gasteiger partial charge in [0.05, 0.1) is 18.4 Å². The topological polar surface area (TPSA) is 98.8 Å². The predicted molar refractivity (Wildman–Crippen MR) is 101 cm³/mol. The molecule has 2 aromatic carbocycles. The first kappa shape index (κ1) is 22.3. The lowest BCUT2D eigenvalue weighted by molar-refractivity contribution is -0.146. The highest BCUT2D eigenvalue weighted by molar-refractivity contribution is 7.91. The fourth-order valence-corrected chi connectivity index (χ4v) is 3.09. The van der Waals surface area contributed by atoms with Crippen molar-refractivity contribution in [1.82, 2.24) is 0 Å². The molecule has 0 aromatic heterocycles. The molecule has 0 aliphatic carbocycles. The average molecular weight is 427 g/mol. The van der Waals surface area contributed by atoms with Crippen LogP contribution in [0.5, 0.6) is 5.75 Å². The lowest BCUT2D eigenvalue weighted by atomic mass is 10.1. The van der Waals surface area contributed by atoms with Crippen molar-refractivity contribution in [3.8, 4) is 5.75 Å². The summed E-state index contributed by atoms with van der Waals surface area (Å²) in [5, 5.41) is 2.38. The van der Waals surface area contributed by atoms with Crippen LogP contribution in [0.3, 0.4) is 0 Å². The van der Waals surface area contributed by atoms with E-state index in [1.54, 1.807) is 18.2 Å². The SMILES string of the molecule is COc1cc(CC(=O)OCC(=O)Nc2ccc(S(=O)(=O)C(F)F)cc2)ccc1C. The molecule has 156 valence electrons. The predicted octanol–water partition coefficient (Wildman–Crippen LogP) is 2.72. The molecule has 0 fully saturated rings. The number of esters is 1. The number of ether oxygens (including phenoxy) is 2. The van der Waals surface area contributed by atoms with Crippen molar-refractivity contribution in [2.75, 3.05) is 19.0 Å². The van der Waals surface area contributed by atoms with Gasteiger partial charge in [-0.25, -0.2) is 8.42 Å². The number of anilines is 1. The number of nitrogens with one attached hydrogen (secondary N) is 1. The van der Waals surface area contributed by atoms with Crippen molar-refractivity contribution >= 4 is 27.4 Å². The third-order valence-electron chi connectivity index (χ3n) is 3.89. The highest BCUT2D eigenvalue weighted by Gasteiger charge is 2.26. The number of alkyl halides is 2. The molecule has 0 heterocycles. The van der Waals surface area contributed by atoms with Gasteiger partial charge >= 0.3 is 11.7 Å². The van der Waals surface area contributed by atoms with Crippen LogP contribution in [0.1, 0.15) is 11.1 Å². The molecule has 2 aromatic rings. The lowest BCUT2D eigenvalue weighted by Crippen LogP contribution is -2.21. The molecule has 2 rings (SSSR count). The molecule has 0 saturated heterocycles. The second kappa shape index (κ2) is 9.46. The molecule has 29 heavy (non-hydrogen) atoms. The molecular formula is C19H19F2NO6S. The Morgan fingerprint density at radius 2 is 1.76 bits per heavy atom. The van der Waals surface area contributed by atoms with Crippen molar-refractivity contribution in [2.45, 2.75) is 24.0 Å². The van der Waals surface area contributed by atoms with Gasteiger partial charge in [-0.3, -0.25) is 9.59 Å². The van der Waals surface area contributed by atoms with Gasteiger partial charge in [0.25, 0.3) is 5.91 Å². The summed E-state index contributed by atoms with van der Waals surface area (Å²) in [4.78, 5) is 23.2. The van der Waals surface area contributed by atoms with Crippen LogP contribution in [-0.4, -0.2) is 39.8 Å². The minimum absolute atomic E-state index is 0.0515. The first-order valence-corrected chi connectivity index (χ1v) is 9.89. The van der Waals surface area contributed by atoms with Crippen LogP contribution in [0, 0.1) is 6.92 Å². The second-order valence-electron chi connectivity index (χ2n) is 6.02. The Morgan fingerprint density at radius 1 is 1.10 bits per heavy atom. The second-order valence-corrected chi connectivity index (χ2v) is 7.94. The van der Waals surface area contributed by atoms with Crippen LogP contribution in [0.2, 0.25) is 0 Å². The van der Waals surface area contributed by atoms with Crippen molar-refractivity contribution < 1.29 is 36.3 Å². The summed E-state index contributed by atoms with van der Waals surface area (Å²) in [7, 11) is -3.19. The van der Waals surface area contributed by atoms with Crippen LogP contribution in [0.25, 0.3) is 0 Å². The third kappa shape index (κ3) is 5.98. The van der Waals surface area contributed by atoms with E-state index >= 15 is 0 Å². The smallest absolute Gasteiger partial charge is 0.341 e. The summed E-state index contributed by atoms with van der Waals surface area (Å²) in [5.41, 5.74) is 1.74. The van der Waals surface area contributed by atoms with E-state index in [1.165, 1.54) is 7.11 Å². The molecule has 0 unspecified atom stereocenters. The molecular weight excluding hydrogens is 408 g/mol. The normalized spacial score (nSPS) is 11.2. The van der Waals surface area contributed by atoms with Gasteiger partial charge in [0.1, 0.15) is 5.75 Å². The Kier molecular flexibility index (Phi) is 7.27. The summed E-state index contributed by atoms with van der Waals surface area (Å²) >= 11 is 0.